The highest BCUT2D eigenvalue weighted by molar-refractivity contribution is 9.10. The molecule has 0 aromatic carbocycles. The number of nitrogens with one attached hydrogen (secondary N) is 1. The van der Waals surface area contributed by atoms with E-state index in [0.717, 1.165) is 4.47 Å². The molecule has 94 valence electrons. The fourth-order valence-corrected chi connectivity index (χ4v) is 1.88. The van der Waals surface area contributed by atoms with Crippen LogP contribution in [0.2, 0.25) is 0 Å². The molecule has 0 radical (unpaired) electrons. The average Bonchev–Trinajstić information content (AvgIpc) is 2.27. The Bertz CT molecular complexity index is 408. The van der Waals surface area contributed by atoms with Crippen molar-refractivity contribution < 1.29 is 4.79 Å². The van der Waals surface area contributed by atoms with E-state index in [1.807, 2.05) is 0 Å². The number of carbonyl (C=O) groups is 1. The topological polar surface area (TPSA) is 71.2 Å². The molecule has 1 amide bonds. The van der Waals surface area contributed by atoms with Crippen LogP contribution in [0.1, 0.15) is 24.2 Å². The van der Waals surface area contributed by atoms with Gasteiger partial charge < -0.3 is 10.3 Å². The molecule has 1 rings (SSSR count). The van der Waals surface area contributed by atoms with E-state index < -0.39 is 0 Å². The lowest BCUT2D eigenvalue weighted by Gasteiger charge is -2.20. The third-order valence-electron chi connectivity index (χ3n) is 2.21. The van der Waals surface area contributed by atoms with Gasteiger partial charge in [-0.2, -0.15) is 0 Å². The first-order valence-corrected chi connectivity index (χ1v) is 6.12. The summed E-state index contributed by atoms with van der Waals surface area (Å²) in [5.41, 5.74) is 2.90. The van der Waals surface area contributed by atoms with Gasteiger partial charge in [-0.1, -0.05) is 13.8 Å². The zero-order valence-electron chi connectivity index (χ0n) is 10.2. The smallest absolute Gasteiger partial charge is 0.257 e. The number of nitrogens with two attached hydrogens (primary N) is 1. The third kappa shape index (κ3) is 3.67. The van der Waals surface area contributed by atoms with Crippen LogP contribution in [0, 0.1) is 5.92 Å². The van der Waals surface area contributed by atoms with Gasteiger partial charge in [-0.05, 0) is 27.9 Å². The van der Waals surface area contributed by atoms with Crippen molar-refractivity contribution in [1.82, 2.24) is 9.88 Å². The van der Waals surface area contributed by atoms with Crippen LogP contribution >= 0.6 is 15.9 Å². The second-order valence-corrected chi connectivity index (χ2v) is 5.19. The molecule has 0 fully saturated rings. The fourth-order valence-electron chi connectivity index (χ4n) is 1.55. The molecule has 0 saturated heterocycles. The maximum atomic E-state index is 12.2. The van der Waals surface area contributed by atoms with Crippen LogP contribution in [0.3, 0.4) is 0 Å². The standard InChI is InChI=1S/C11H17BrN4O/c1-7(2)6-16(3)11(17)9-4-8(12)5-14-10(9)15-13/h4-5,7H,6,13H2,1-3H3,(H,14,15). The molecule has 1 aromatic heterocycles. The molecule has 0 aliphatic carbocycles. The predicted molar refractivity (Wildman–Crippen MR) is 71.5 cm³/mol. The molecule has 6 heteroatoms. The maximum Gasteiger partial charge on any atom is 0.257 e. The van der Waals surface area contributed by atoms with Gasteiger partial charge in [0.15, 0.2) is 5.82 Å². The monoisotopic (exact) mass is 300 g/mol. The van der Waals surface area contributed by atoms with Gasteiger partial charge >= 0.3 is 0 Å². The first-order valence-electron chi connectivity index (χ1n) is 5.33. The van der Waals surface area contributed by atoms with Crippen molar-refractivity contribution in [3.63, 3.8) is 0 Å². The minimum Gasteiger partial charge on any atom is -0.341 e. The number of amides is 1. The summed E-state index contributed by atoms with van der Waals surface area (Å²) >= 11 is 3.29. The highest BCUT2D eigenvalue weighted by atomic mass is 79.9. The quantitative estimate of drug-likeness (QED) is 0.658. The number of nitrogens with zero attached hydrogens (tertiary/aromatic N) is 2. The summed E-state index contributed by atoms with van der Waals surface area (Å²) in [6.45, 7) is 4.81. The van der Waals surface area contributed by atoms with Crippen LogP contribution in [-0.2, 0) is 0 Å². The van der Waals surface area contributed by atoms with E-state index in [4.69, 9.17) is 5.84 Å². The lowest BCUT2D eigenvalue weighted by Crippen LogP contribution is -2.31. The molecule has 5 nitrogen and oxygen atoms in total. The first kappa shape index (κ1) is 13.9. The van der Waals surface area contributed by atoms with Crippen molar-refractivity contribution in [2.75, 3.05) is 19.0 Å². The minimum atomic E-state index is -0.0968. The number of pyridine rings is 1. The van der Waals surface area contributed by atoms with E-state index in [2.05, 4.69) is 40.2 Å². The maximum absolute atomic E-state index is 12.2. The molecule has 0 atom stereocenters. The van der Waals surface area contributed by atoms with Crippen molar-refractivity contribution in [2.45, 2.75) is 13.8 Å². The first-order chi connectivity index (χ1) is 7.95. The molecule has 3 N–H and O–H groups in total. The summed E-state index contributed by atoms with van der Waals surface area (Å²) in [5, 5.41) is 0. The molecule has 0 bridgehead atoms. The summed E-state index contributed by atoms with van der Waals surface area (Å²) in [6.07, 6.45) is 1.59. The fraction of sp³-hybridized carbons (Fsp3) is 0.455. The van der Waals surface area contributed by atoms with Crippen LogP contribution in [0.15, 0.2) is 16.7 Å². The second-order valence-electron chi connectivity index (χ2n) is 4.27. The Morgan fingerprint density at radius 1 is 1.65 bits per heavy atom. The Labute approximate surface area is 109 Å². The van der Waals surface area contributed by atoms with Gasteiger partial charge in [0.25, 0.3) is 5.91 Å². The SMILES string of the molecule is CC(C)CN(C)C(=O)c1cc(Br)cnc1NN. The number of nitrogen functional groups attached to an aromatic ring is 1. The number of aromatic nitrogens is 1. The number of halogens is 1. The Morgan fingerprint density at radius 2 is 2.29 bits per heavy atom. The van der Waals surface area contributed by atoms with Crippen molar-refractivity contribution in [2.24, 2.45) is 11.8 Å². The zero-order valence-corrected chi connectivity index (χ0v) is 11.8. The van der Waals surface area contributed by atoms with E-state index in [1.165, 1.54) is 0 Å². The van der Waals surface area contributed by atoms with Crippen LogP contribution in [0.4, 0.5) is 5.82 Å². The Hall–Kier alpha value is -1.14. The summed E-state index contributed by atoms with van der Waals surface area (Å²) < 4.78 is 0.748. The molecule has 17 heavy (non-hydrogen) atoms. The predicted octanol–water partition coefficient (Wildman–Crippen LogP) is 1.86. The van der Waals surface area contributed by atoms with Crippen LogP contribution in [0.5, 0.6) is 0 Å². The molecule has 0 saturated carbocycles. The van der Waals surface area contributed by atoms with Gasteiger partial charge in [0.1, 0.15) is 0 Å². The average molecular weight is 301 g/mol. The lowest BCUT2D eigenvalue weighted by molar-refractivity contribution is 0.0779. The van der Waals surface area contributed by atoms with Gasteiger partial charge in [0.2, 0.25) is 0 Å². The molecular weight excluding hydrogens is 284 g/mol. The van der Waals surface area contributed by atoms with E-state index in [0.29, 0.717) is 23.8 Å². The second kappa shape index (κ2) is 5.97. The number of anilines is 1. The lowest BCUT2D eigenvalue weighted by atomic mass is 10.2. The summed E-state index contributed by atoms with van der Waals surface area (Å²) in [7, 11) is 1.77. The van der Waals surface area contributed by atoms with Crippen molar-refractivity contribution in [1.29, 1.82) is 0 Å². The van der Waals surface area contributed by atoms with Crippen LogP contribution in [-0.4, -0.2) is 29.4 Å². The third-order valence-corrected chi connectivity index (χ3v) is 2.64. The number of carbonyl (C=O) groups excluding carboxylic acids is 1. The van der Waals surface area contributed by atoms with E-state index >= 15 is 0 Å². The molecule has 1 heterocycles. The largest absolute Gasteiger partial charge is 0.341 e. The minimum absolute atomic E-state index is 0.0968. The Morgan fingerprint density at radius 3 is 2.82 bits per heavy atom. The van der Waals surface area contributed by atoms with E-state index in [1.54, 1.807) is 24.2 Å². The summed E-state index contributed by atoms with van der Waals surface area (Å²) in [5.74, 6) is 6.04. The van der Waals surface area contributed by atoms with Crippen molar-refractivity contribution in [3.05, 3.63) is 22.3 Å². The summed E-state index contributed by atoms with van der Waals surface area (Å²) in [4.78, 5) is 17.9. The number of hydrogen-bond donors (Lipinski definition) is 2. The normalized spacial score (nSPS) is 10.5. The highest BCUT2D eigenvalue weighted by Gasteiger charge is 2.17. The van der Waals surface area contributed by atoms with Crippen molar-refractivity contribution >= 4 is 27.7 Å². The molecule has 1 aromatic rings. The van der Waals surface area contributed by atoms with Crippen LogP contribution in [0.25, 0.3) is 0 Å². The van der Waals surface area contributed by atoms with Crippen molar-refractivity contribution in [3.8, 4) is 0 Å². The highest BCUT2D eigenvalue weighted by Crippen LogP contribution is 2.19. The molecule has 0 aliphatic rings. The number of rotatable bonds is 4. The zero-order chi connectivity index (χ0) is 13.0. The Kier molecular flexibility index (Phi) is 4.89. The van der Waals surface area contributed by atoms with E-state index in [9.17, 15) is 4.79 Å². The molecule has 0 unspecified atom stereocenters. The van der Waals surface area contributed by atoms with Crippen LogP contribution < -0.4 is 11.3 Å². The number of hydrogen-bond acceptors (Lipinski definition) is 4. The van der Waals surface area contributed by atoms with Gasteiger partial charge in [-0.3, -0.25) is 4.79 Å². The van der Waals surface area contributed by atoms with Gasteiger partial charge in [0, 0.05) is 24.3 Å². The summed E-state index contributed by atoms with van der Waals surface area (Å²) in [6, 6.07) is 1.71. The molecular formula is C11H17BrN4O. The van der Waals surface area contributed by atoms with Gasteiger partial charge in [0.05, 0.1) is 5.56 Å². The molecule has 0 aliphatic heterocycles. The molecule has 0 spiro atoms. The number of hydrazine groups is 1. The van der Waals surface area contributed by atoms with Gasteiger partial charge in [-0.15, -0.1) is 0 Å². The Balaban J connectivity index is 2.98. The van der Waals surface area contributed by atoms with E-state index in [-0.39, 0.29) is 5.91 Å². The van der Waals surface area contributed by atoms with Gasteiger partial charge in [-0.25, -0.2) is 10.8 Å².